The first-order chi connectivity index (χ1) is 11.8. The van der Waals surface area contributed by atoms with Gasteiger partial charge in [-0.3, -0.25) is 30.2 Å². The summed E-state index contributed by atoms with van der Waals surface area (Å²) in [5, 5.41) is 0. The number of nitrogens with zero attached hydrogens (tertiary/aromatic N) is 2. The summed E-state index contributed by atoms with van der Waals surface area (Å²) in [6.45, 7) is 3.71. The Bertz CT molecular complexity index is 862. The molecular formula is C18H18N4O3. The maximum Gasteiger partial charge on any atom is 0.269 e. The van der Waals surface area contributed by atoms with Crippen molar-refractivity contribution >= 4 is 23.4 Å². The highest BCUT2D eigenvalue weighted by atomic mass is 16.2. The molecular weight excluding hydrogens is 320 g/mol. The molecule has 0 atom stereocenters. The lowest BCUT2D eigenvalue weighted by Crippen LogP contribution is -2.41. The van der Waals surface area contributed by atoms with E-state index >= 15 is 0 Å². The Morgan fingerprint density at radius 1 is 1.00 bits per heavy atom. The van der Waals surface area contributed by atoms with Crippen LogP contribution < -0.4 is 15.8 Å². The van der Waals surface area contributed by atoms with Gasteiger partial charge in [0.05, 0.1) is 5.41 Å². The zero-order valence-electron chi connectivity index (χ0n) is 14.2. The Morgan fingerprint density at radius 3 is 2.24 bits per heavy atom. The van der Waals surface area contributed by atoms with Gasteiger partial charge in [0, 0.05) is 36.3 Å². The maximum atomic E-state index is 12.3. The van der Waals surface area contributed by atoms with E-state index in [-0.39, 0.29) is 5.91 Å². The van der Waals surface area contributed by atoms with Crippen LogP contribution in [0.15, 0.2) is 42.7 Å². The quantitative estimate of drug-likeness (QED) is 0.810. The number of fused-ring (bicyclic) bond motifs is 1. The van der Waals surface area contributed by atoms with Crippen LogP contribution in [0.3, 0.4) is 0 Å². The number of hydrazine groups is 1. The smallest absolute Gasteiger partial charge is 0.269 e. The van der Waals surface area contributed by atoms with E-state index in [2.05, 4.69) is 15.8 Å². The Balaban J connectivity index is 1.74. The summed E-state index contributed by atoms with van der Waals surface area (Å²) in [5.41, 5.74) is 6.42. The van der Waals surface area contributed by atoms with E-state index in [0.717, 1.165) is 5.56 Å². The number of rotatable bonds is 2. The van der Waals surface area contributed by atoms with E-state index in [1.165, 1.54) is 12.4 Å². The number of carbonyl (C=O) groups is 3. The summed E-state index contributed by atoms with van der Waals surface area (Å²) < 4.78 is 0. The summed E-state index contributed by atoms with van der Waals surface area (Å²) in [6.07, 6.45) is 2.98. The minimum atomic E-state index is -0.616. The van der Waals surface area contributed by atoms with Crippen molar-refractivity contribution in [2.45, 2.75) is 19.3 Å². The first kappa shape index (κ1) is 16.6. The van der Waals surface area contributed by atoms with Gasteiger partial charge in [-0.2, -0.15) is 0 Å². The molecule has 0 saturated carbocycles. The summed E-state index contributed by atoms with van der Waals surface area (Å²) in [4.78, 5) is 41.9. The van der Waals surface area contributed by atoms with Gasteiger partial charge in [-0.05, 0) is 43.7 Å². The van der Waals surface area contributed by atoms with Crippen molar-refractivity contribution in [3.63, 3.8) is 0 Å². The van der Waals surface area contributed by atoms with Gasteiger partial charge in [-0.15, -0.1) is 0 Å². The van der Waals surface area contributed by atoms with Gasteiger partial charge < -0.3 is 4.90 Å². The first-order valence-electron chi connectivity index (χ1n) is 7.76. The van der Waals surface area contributed by atoms with Gasteiger partial charge in [0.1, 0.15) is 0 Å². The Morgan fingerprint density at radius 2 is 1.60 bits per heavy atom. The van der Waals surface area contributed by atoms with Crippen LogP contribution in [0, 0.1) is 0 Å². The third-order valence-electron chi connectivity index (χ3n) is 4.37. The van der Waals surface area contributed by atoms with Crippen molar-refractivity contribution in [3.05, 3.63) is 59.4 Å². The van der Waals surface area contributed by atoms with Crippen molar-refractivity contribution in [2.24, 2.45) is 0 Å². The molecule has 2 heterocycles. The Labute approximate surface area is 145 Å². The molecule has 3 amide bonds. The highest BCUT2D eigenvalue weighted by Gasteiger charge is 2.42. The Kier molecular flexibility index (Phi) is 4.00. The molecule has 0 aliphatic carbocycles. The van der Waals surface area contributed by atoms with Gasteiger partial charge in [-0.25, -0.2) is 0 Å². The number of carbonyl (C=O) groups excluding carboxylic acids is 3. The zero-order valence-corrected chi connectivity index (χ0v) is 14.2. The molecule has 2 aromatic rings. The number of aromatic nitrogens is 1. The molecule has 0 radical (unpaired) electrons. The van der Waals surface area contributed by atoms with Crippen LogP contribution in [0.4, 0.5) is 5.69 Å². The number of hydrogen-bond acceptors (Lipinski definition) is 4. The third kappa shape index (κ3) is 2.84. The molecule has 0 saturated heterocycles. The fourth-order valence-electron chi connectivity index (χ4n) is 2.88. The lowest BCUT2D eigenvalue weighted by molar-refractivity contribution is -0.121. The van der Waals surface area contributed by atoms with E-state index in [1.807, 2.05) is 13.8 Å². The van der Waals surface area contributed by atoms with E-state index in [1.54, 1.807) is 42.3 Å². The summed E-state index contributed by atoms with van der Waals surface area (Å²) in [6, 6.07) is 8.15. The predicted molar refractivity (Wildman–Crippen MR) is 92.0 cm³/mol. The van der Waals surface area contributed by atoms with Gasteiger partial charge in [-0.1, -0.05) is 6.07 Å². The number of nitrogens with one attached hydrogen (secondary N) is 2. The molecule has 7 heteroatoms. The molecule has 1 aliphatic rings. The molecule has 0 spiro atoms. The van der Waals surface area contributed by atoms with Crippen molar-refractivity contribution in [2.75, 3.05) is 11.9 Å². The predicted octanol–water partition coefficient (Wildman–Crippen LogP) is 1.41. The fraction of sp³-hybridized carbons (Fsp3) is 0.222. The minimum absolute atomic E-state index is 0.0222. The van der Waals surface area contributed by atoms with Crippen LogP contribution in [0.25, 0.3) is 0 Å². The molecule has 0 bridgehead atoms. The second kappa shape index (κ2) is 6.01. The number of anilines is 1. The topological polar surface area (TPSA) is 91.4 Å². The summed E-state index contributed by atoms with van der Waals surface area (Å²) in [5.74, 6) is -0.924. The third-order valence-corrected chi connectivity index (χ3v) is 4.37. The molecule has 3 rings (SSSR count). The van der Waals surface area contributed by atoms with Gasteiger partial charge >= 0.3 is 0 Å². The number of hydrogen-bond donors (Lipinski definition) is 2. The lowest BCUT2D eigenvalue weighted by Gasteiger charge is -2.16. The minimum Gasteiger partial charge on any atom is -0.314 e. The normalized spacial score (nSPS) is 14.8. The molecule has 128 valence electrons. The van der Waals surface area contributed by atoms with Crippen LogP contribution in [0.2, 0.25) is 0 Å². The van der Waals surface area contributed by atoms with Gasteiger partial charge in [0.2, 0.25) is 5.91 Å². The second-order valence-corrected chi connectivity index (χ2v) is 6.37. The highest BCUT2D eigenvalue weighted by molar-refractivity contribution is 6.08. The number of benzene rings is 1. The first-order valence-corrected chi connectivity index (χ1v) is 7.76. The second-order valence-electron chi connectivity index (χ2n) is 6.37. The van der Waals surface area contributed by atoms with E-state index < -0.39 is 17.2 Å². The largest absolute Gasteiger partial charge is 0.314 e. The molecule has 0 unspecified atom stereocenters. The molecule has 0 fully saturated rings. The van der Waals surface area contributed by atoms with E-state index in [0.29, 0.717) is 16.8 Å². The molecule has 7 nitrogen and oxygen atoms in total. The van der Waals surface area contributed by atoms with Crippen LogP contribution in [-0.2, 0) is 10.2 Å². The molecule has 25 heavy (non-hydrogen) atoms. The average Bonchev–Trinajstić information content (AvgIpc) is 2.80. The van der Waals surface area contributed by atoms with Crippen molar-refractivity contribution in [1.82, 2.24) is 15.8 Å². The lowest BCUT2D eigenvalue weighted by atomic mass is 9.86. The molecule has 1 aliphatic heterocycles. The monoisotopic (exact) mass is 338 g/mol. The van der Waals surface area contributed by atoms with E-state index in [4.69, 9.17) is 0 Å². The molecule has 1 aromatic carbocycles. The molecule has 2 N–H and O–H groups in total. The SMILES string of the molecule is CN1C(=O)C(C)(C)c2ccc(C(=O)NNC(=O)c3ccncc3)cc21. The fourth-order valence-corrected chi connectivity index (χ4v) is 2.88. The Hall–Kier alpha value is -3.22. The van der Waals surface area contributed by atoms with Crippen molar-refractivity contribution in [3.8, 4) is 0 Å². The zero-order chi connectivity index (χ0) is 18.2. The standard InChI is InChI=1S/C18H18N4O3/c1-18(2)13-5-4-12(10-14(13)22(3)17(18)25)16(24)21-20-15(23)11-6-8-19-9-7-11/h4-10H,1-3H3,(H,20,23)(H,21,24). The van der Waals surface area contributed by atoms with Crippen molar-refractivity contribution in [1.29, 1.82) is 0 Å². The highest BCUT2D eigenvalue weighted by Crippen LogP contribution is 2.40. The van der Waals surface area contributed by atoms with Crippen LogP contribution in [0.5, 0.6) is 0 Å². The number of pyridine rings is 1. The van der Waals surface area contributed by atoms with E-state index in [9.17, 15) is 14.4 Å². The number of likely N-dealkylation sites (N-methyl/N-ethyl adjacent to an activating group) is 1. The average molecular weight is 338 g/mol. The van der Waals surface area contributed by atoms with Crippen molar-refractivity contribution < 1.29 is 14.4 Å². The van der Waals surface area contributed by atoms with Gasteiger partial charge in [0.25, 0.3) is 11.8 Å². The molecule has 1 aromatic heterocycles. The summed E-state index contributed by atoms with van der Waals surface area (Å²) in [7, 11) is 1.68. The van der Waals surface area contributed by atoms with Gasteiger partial charge in [0.15, 0.2) is 0 Å². The van der Waals surface area contributed by atoms with Crippen LogP contribution in [-0.4, -0.2) is 29.8 Å². The maximum absolute atomic E-state index is 12.3. The van der Waals surface area contributed by atoms with Crippen LogP contribution >= 0.6 is 0 Å². The summed E-state index contributed by atoms with van der Waals surface area (Å²) >= 11 is 0. The van der Waals surface area contributed by atoms with Crippen LogP contribution in [0.1, 0.15) is 40.1 Å². The number of amides is 3.